The van der Waals surface area contributed by atoms with E-state index in [1.54, 1.807) is 54.3 Å². The molecule has 0 fully saturated rings. The number of hydrogen-bond acceptors (Lipinski definition) is 6. The van der Waals surface area contributed by atoms with Crippen molar-refractivity contribution < 1.29 is 13.9 Å². The van der Waals surface area contributed by atoms with Gasteiger partial charge >= 0.3 is 6.01 Å². The Balaban J connectivity index is 1.75. The fourth-order valence-electron chi connectivity index (χ4n) is 3.79. The van der Waals surface area contributed by atoms with Crippen molar-refractivity contribution >= 4 is 22.6 Å². The first kappa shape index (κ1) is 19.0. The summed E-state index contributed by atoms with van der Waals surface area (Å²) in [5.41, 5.74) is 7.84. The first-order valence-electron chi connectivity index (χ1n) is 9.78. The Labute approximate surface area is 177 Å². The van der Waals surface area contributed by atoms with E-state index >= 15 is 0 Å². The number of hydrogen-bond donors (Lipinski definition) is 2. The van der Waals surface area contributed by atoms with E-state index in [0.717, 1.165) is 5.69 Å². The van der Waals surface area contributed by atoms with E-state index in [9.17, 15) is 9.18 Å². The topological polar surface area (TPSA) is 94.0 Å². The van der Waals surface area contributed by atoms with Crippen molar-refractivity contribution in [1.29, 1.82) is 0 Å². The van der Waals surface area contributed by atoms with E-state index in [1.165, 1.54) is 7.11 Å². The predicted octanol–water partition coefficient (Wildman–Crippen LogP) is 3.11. The van der Waals surface area contributed by atoms with Gasteiger partial charge in [0.15, 0.2) is 5.82 Å². The van der Waals surface area contributed by atoms with Crippen molar-refractivity contribution in [2.75, 3.05) is 19.1 Å². The van der Waals surface area contributed by atoms with Gasteiger partial charge in [-0.15, -0.1) is 0 Å². The first-order chi connectivity index (χ1) is 15.1. The van der Waals surface area contributed by atoms with E-state index in [-0.39, 0.29) is 17.7 Å². The summed E-state index contributed by atoms with van der Waals surface area (Å²) in [7, 11) is 1.49. The zero-order chi connectivity index (χ0) is 21.5. The van der Waals surface area contributed by atoms with E-state index in [4.69, 9.17) is 4.74 Å². The van der Waals surface area contributed by atoms with Crippen molar-refractivity contribution in [3.8, 4) is 17.3 Å². The molecule has 0 saturated heterocycles. The number of anilines is 1. The molecule has 0 atom stereocenters. The van der Waals surface area contributed by atoms with Gasteiger partial charge < -0.3 is 10.1 Å². The van der Waals surface area contributed by atoms with Crippen molar-refractivity contribution in [2.24, 2.45) is 0 Å². The van der Waals surface area contributed by atoms with Crippen LogP contribution in [0.4, 0.5) is 10.1 Å². The Hall–Kier alpha value is -4.01. The lowest BCUT2D eigenvalue weighted by atomic mass is 10.1. The number of amides is 1. The third kappa shape index (κ3) is 3.14. The molecule has 0 aliphatic carbocycles. The van der Waals surface area contributed by atoms with Crippen molar-refractivity contribution in [1.82, 2.24) is 24.9 Å². The third-order valence-electron chi connectivity index (χ3n) is 5.33. The molecule has 1 amide bonds. The van der Waals surface area contributed by atoms with Crippen LogP contribution >= 0.6 is 0 Å². The number of nitrogens with one attached hydrogen (secondary N) is 2. The molecule has 5 rings (SSSR count). The molecule has 0 saturated carbocycles. The van der Waals surface area contributed by atoms with E-state index in [0.29, 0.717) is 52.1 Å². The average Bonchev–Trinajstić information content (AvgIpc) is 3.15. The molecule has 0 radical (unpaired) electrons. The molecule has 8 nitrogen and oxygen atoms in total. The zero-order valence-corrected chi connectivity index (χ0v) is 16.9. The number of ether oxygens (including phenoxy) is 1. The van der Waals surface area contributed by atoms with Crippen LogP contribution in [0.3, 0.4) is 0 Å². The second kappa shape index (κ2) is 7.35. The van der Waals surface area contributed by atoms with E-state index in [2.05, 4.69) is 25.7 Å². The van der Waals surface area contributed by atoms with Crippen LogP contribution in [0.1, 0.15) is 21.6 Å². The molecule has 156 valence electrons. The summed E-state index contributed by atoms with van der Waals surface area (Å²) < 4.78 is 21.7. The standard InChI is InChI=1S/C22H19FN6O2/c1-12-4-3-5-15(19(12)23)28-29-17-7-9-25-21(30)14(17)10-18(29)13-6-8-24-16-11-26-22(31-2)27-20(13)16/h3-6,8,10-11,28H,7,9H2,1-2H3,(H,25,30). The molecule has 4 aromatic rings. The Morgan fingerprint density at radius 3 is 2.94 bits per heavy atom. The quantitative estimate of drug-likeness (QED) is 0.529. The highest BCUT2D eigenvalue weighted by atomic mass is 19.1. The van der Waals surface area contributed by atoms with Gasteiger partial charge in [0.2, 0.25) is 0 Å². The number of aryl methyl sites for hydroxylation is 1. The predicted molar refractivity (Wildman–Crippen MR) is 114 cm³/mol. The van der Waals surface area contributed by atoms with Crippen LogP contribution in [0, 0.1) is 12.7 Å². The zero-order valence-electron chi connectivity index (χ0n) is 16.9. The minimum Gasteiger partial charge on any atom is -0.467 e. The van der Waals surface area contributed by atoms with Gasteiger partial charge in [0.25, 0.3) is 5.91 Å². The maximum Gasteiger partial charge on any atom is 0.316 e. The highest BCUT2D eigenvalue weighted by molar-refractivity contribution is 5.99. The maximum atomic E-state index is 14.8. The van der Waals surface area contributed by atoms with Gasteiger partial charge in [0.05, 0.1) is 35.9 Å². The lowest BCUT2D eigenvalue weighted by Gasteiger charge is -2.20. The van der Waals surface area contributed by atoms with Crippen LogP contribution in [0.15, 0.2) is 42.7 Å². The number of aromatic nitrogens is 4. The van der Waals surface area contributed by atoms with Gasteiger partial charge in [-0.25, -0.2) is 9.37 Å². The van der Waals surface area contributed by atoms with Crippen LogP contribution < -0.4 is 15.5 Å². The van der Waals surface area contributed by atoms with Crippen molar-refractivity contribution in [2.45, 2.75) is 13.3 Å². The van der Waals surface area contributed by atoms with Crippen LogP contribution in [0.5, 0.6) is 6.01 Å². The number of halogens is 1. The number of nitrogens with zero attached hydrogens (tertiary/aromatic N) is 4. The molecule has 0 spiro atoms. The summed E-state index contributed by atoms with van der Waals surface area (Å²) in [4.78, 5) is 25.4. The molecular weight excluding hydrogens is 399 g/mol. The lowest BCUT2D eigenvalue weighted by Crippen LogP contribution is -2.33. The molecule has 3 aromatic heterocycles. The van der Waals surface area contributed by atoms with Crippen LogP contribution in [-0.4, -0.2) is 39.2 Å². The average molecular weight is 418 g/mol. The Kier molecular flexibility index (Phi) is 4.50. The largest absolute Gasteiger partial charge is 0.467 e. The maximum absolute atomic E-state index is 14.8. The summed E-state index contributed by atoms with van der Waals surface area (Å²) in [5, 5.41) is 2.86. The molecule has 1 aliphatic rings. The summed E-state index contributed by atoms with van der Waals surface area (Å²) in [6.45, 7) is 2.21. The van der Waals surface area contributed by atoms with Gasteiger partial charge in [-0.1, -0.05) is 12.1 Å². The second-order valence-corrected chi connectivity index (χ2v) is 7.23. The summed E-state index contributed by atoms with van der Waals surface area (Å²) >= 11 is 0. The van der Waals surface area contributed by atoms with Gasteiger partial charge in [-0.2, -0.15) is 4.98 Å². The van der Waals surface area contributed by atoms with E-state index in [1.807, 2.05) is 0 Å². The number of rotatable bonds is 4. The number of benzene rings is 1. The van der Waals surface area contributed by atoms with Gasteiger partial charge in [-0.05, 0) is 30.7 Å². The summed E-state index contributed by atoms with van der Waals surface area (Å²) in [6, 6.07) is 8.95. The number of methoxy groups -OCH3 is 1. The summed E-state index contributed by atoms with van der Waals surface area (Å²) in [6.07, 6.45) is 3.83. The lowest BCUT2D eigenvalue weighted by molar-refractivity contribution is 0.0945. The minimum absolute atomic E-state index is 0.168. The number of carbonyl (C=O) groups excluding carboxylic acids is 1. The fraction of sp³-hybridized carbons (Fsp3) is 0.182. The van der Waals surface area contributed by atoms with Gasteiger partial charge in [-0.3, -0.25) is 19.9 Å². The van der Waals surface area contributed by atoms with Crippen molar-refractivity contribution in [3.63, 3.8) is 0 Å². The van der Waals surface area contributed by atoms with Crippen molar-refractivity contribution in [3.05, 3.63) is 65.4 Å². The van der Waals surface area contributed by atoms with Gasteiger partial charge in [0.1, 0.15) is 11.0 Å². The van der Waals surface area contributed by atoms with Crippen LogP contribution in [-0.2, 0) is 6.42 Å². The minimum atomic E-state index is -0.347. The molecule has 1 aliphatic heterocycles. The van der Waals surface area contributed by atoms with E-state index < -0.39 is 0 Å². The number of pyridine rings is 1. The SMILES string of the molecule is COc1ncc2nccc(-c3cc4c(n3Nc3cccc(C)c3F)CCNC4=O)c2n1. The normalized spacial score (nSPS) is 13.1. The van der Waals surface area contributed by atoms with Crippen LogP contribution in [0.25, 0.3) is 22.3 Å². The molecular formula is C22H19FN6O2. The second-order valence-electron chi connectivity index (χ2n) is 7.23. The monoisotopic (exact) mass is 418 g/mol. The Bertz CT molecular complexity index is 1330. The van der Waals surface area contributed by atoms with Gasteiger partial charge in [0, 0.05) is 24.7 Å². The highest BCUT2D eigenvalue weighted by Crippen LogP contribution is 2.32. The summed E-state index contributed by atoms with van der Waals surface area (Å²) in [5.74, 6) is -0.516. The number of fused-ring (bicyclic) bond motifs is 2. The molecule has 0 unspecified atom stereocenters. The third-order valence-corrected chi connectivity index (χ3v) is 5.33. The molecule has 1 aromatic carbocycles. The number of carbonyl (C=O) groups is 1. The Morgan fingerprint density at radius 2 is 2.10 bits per heavy atom. The first-order valence-corrected chi connectivity index (χ1v) is 9.78. The molecule has 9 heteroatoms. The highest BCUT2D eigenvalue weighted by Gasteiger charge is 2.26. The van der Waals surface area contributed by atoms with Crippen LogP contribution in [0.2, 0.25) is 0 Å². The molecule has 2 N–H and O–H groups in total. The molecule has 0 bridgehead atoms. The Morgan fingerprint density at radius 1 is 1.23 bits per heavy atom. The molecule has 4 heterocycles. The fourth-order valence-corrected chi connectivity index (χ4v) is 3.79. The smallest absolute Gasteiger partial charge is 0.316 e. The molecule has 31 heavy (non-hydrogen) atoms.